The van der Waals surface area contributed by atoms with Gasteiger partial charge in [0.15, 0.2) is 0 Å². The number of nitrogens with two attached hydrogens (primary N) is 1. The molecule has 0 fully saturated rings. The third-order valence-corrected chi connectivity index (χ3v) is 1.26. The SMILES string of the molecule is CC(C)C(C)N.CN(C)C=O. The predicted octanol–water partition coefficient (Wildman–Crippen LogP) is 0.694. The van der Waals surface area contributed by atoms with Crippen LogP contribution in [0.15, 0.2) is 0 Å². The molecular formula is C8H20N2O. The second-order valence-electron chi connectivity index (χ2n) is 3.17. The van der Waals surface area contributed by atoms with Gasteiger partial charge < -0.3 is 10.6 Å². The van der Waals surface area contributed by atoms with Gasteiger partial charge in [0.25, 0.3) is 0 Å². The fraction of sp³-hybridized carbons (Fsp3) is 0.875. The highest BCUT2D eigenvalue weighted by Crippen LogP contribution is 1.93. The minimum Gasteiger partial charge on any atom is -0.351 e. The number of amides is 1. The highest BCUT2D eigenvalue weighted by atomic mass is 16.1. The highest BCUT2D eigenvalue weighted by molar-refractivity contribution is 5.45. The summed E-state index contributed by atoms with van der Waals surface area (Å²) in [5.41, 5.74) is 5.44. The van der Waals surface area contributed by atoms with Gasteiger partial charge in [0.05, 0.1) is 0 Å². The highest BCUT2D eigenvalue weighted by Gasteiger charge is 1.95. The normalized spacial score (nSPS) is 11.5. The van der Waals surface area contributed by atoms with Crippen LogP contribution in [0.2, 0.25) is 0 Å². The summed E-state index contributed by atoms with van der Waals surface area (Å²) in [5, 5.41) is 0. The molecule has 0 spiro atoms. The molecule has 1 atom stereocenters. The molecule has 3 nitrogen and oxygen atoms in total. The minimum absolute atomic E-state index is 0.352. The molecule has 0 aliphatic carbocycles. The molecular weight excluding hydrogens is 140 g/mol. The molecule has 0 aliphatic heterocycles. The lowest BCUT2D eigenvalue weighted by Gasteiger charge is -2.05. The van der Waals surface area contributed by atoms with Crippen LogP contribution in [0.3, 0.4) is 0 Å². The average molecular weight is 160 g/mol. The van der Waals surface area contributed by atoms with Gasteiger partial charge in [0.2, 0.25) is 6.41 Å². The molecule has 1 unspecified atom stereocenters. The summed E-state index contributed by atoms with van der Waals surface area (Å²) < 4.78 is 0. The Kier molecular flexibility index (Phi) is 8.94. The maximum absolute atomic E-state index is 9.43. The van der Waals surface area contributed by atoms with Crippen molar-refractivity contribution in [1.29, 1.82) is 0 Å². The second kappa shape index (κ2) is 7.54. The summed E-state index contributed by atoms with van der Waals surface area (Å²) in [6, 6.07) is 0.352. The molecule has 0 aromatic rings. The molecule has 0 heterocycles. The maximum atomic E-state index is 9.43. The van der Waals surface area contributed by atoms with Crippen LogP contribution in [0.5, 0.6) is 0 Å². The van der Waals surface area contributed by atoms with Gasteiger partial charge >= 0.3 is 0 Å². The zero-order chi connectivity index (χ0) is 9.44. The maximum Gasteiger partial charge on any atom is 0.209 e. The molecule has 0 aliphatic rings. The van der Waals surface area contributed by atoms with Crippen LogP contribution in [0.25, 0.3) is 0 Å². The van der Waals surface area contributed by atoms with E-state index in [-0.39, 0.29) is 0 Å². The van der Waals surface area contributed by atoms with Gasteiger partial charge in [-0.25, -0.2) is 0 Å². The number of nitrogens with zero attached hydrogens (tertiary/aromatic N) is 1. The van der Waals surface area contributed by atoms with E-state index in [0.717, 1.165) is 6.41 Å². The molecule has 3 heteroatoms. The molecule has 0 saturated carbocycles. The lowest BCUT2D eigenvalue weighted by molar-refractivity contribution is -0.115. The first-order valence-corrected chi connectivity index (χ1v) is 3.79. The first kappa shape index (κ1) is 13.1. The summed E-state index contributed by atoms with van der Waals surface area (Å²) in [6.45, 7) is 6.25. The molecule has 0 saturated heterocycles. The smallest absolute Gasteiger partial charge is 0.209 e. The van der Waals surface area contributed by atoms with E-state index in [1.54, 1.807) is 14.1 Å². The monoisotopic (exact) mass is 160 g/mol. The van der Waals surface area contributed by atoms with E-state index in [1.807, 2.05) is 6.92 Å². The van der Waals surface area contributed by atoms with Crippen molar-refractivity contribution in [1.82, 2.24) is 4.90 Å². The fourth-order valence-electron chi connectivity index (χ4n) is 0. The van der Waals surface area contributed by atoms with E-state index in [1.165, 1.54) is 4.90 Å². The molecule has 0 aromatic heterocycles. The van der Waals surface area contributed by atoms with Crippen LogP contribution in [0, 0.1) is 5.92 Å². The van der Waals surface area contributed by atoms with Gasteiger partial charge in [0.1, 0.15) is 0 Å². The third-order valence-electron chi connectivity index (χ3n) is 1.26. The lowest BCUT2D eigenvalue weighted by Crippen LogP contribution is -2.21. The van der Waals surface area contributed by atoms with E-state index >= 15 is 0 Å². The largest absolute Gasteiger partial charge is 0.351 e. The van der Waals surface area contributed by atoms with Crippen molar-refractivity contribution in [3.8, 4) is 0 Å². The van der Waals surface area contributed by atoms with Crippen molar-refractivity contribution in [3.05, 3.63) is 0 Å². The Labute approximate surface area is 69.6 Å². The number of hydrogen-bond acceptors (Lipinski definition) is 2. The predicted molar refractivity (Wildman–Crippen MR) is 48.2 cm³/mol. The third kappa shape index (κ3) is 17.7. The molecule has 68 valence electrons. The fourth-order valence-corrected chi connectivity index (χ4v) is 0. The lowest BCUT2D eigenvalue weighted by atomic mass is 10.1. The van der Waals surface area contributed by atoms with Crippen molar-refractivity contribution in [2.45, 2.75) is 26.8 Å². The molecule has 0 bridgehead atoms. The Morgan fingerprint density at radius 1 is 1.27 bits per heavy atom. The van der Waals surface area contributed by atoms with Crippen LogP contribution >= 0.6 is 0 Å². The molecule has 11 heavy (non-hydrogen) atoms. The van der Waals surface area contributed by atoms with E-state index in [2.05, 4.69) is 13.8 Å². The van der Waals surface area contributed by atoms with Crippen molar-refractivity contribution in [2.75, 3.05) is 14.1 Å². The van der Waals surface area contributed by atoms with Crippen LogP contribution in [-0.4, -0.2) is 31.4 Å². The molecule has 0 aromatic carbocycles. The molecule has 0 radical (unpaired) electrons. The van der Waals surface area contributed by atoms with Gasteiger partial charge in [-0.2, -0.15) is 0 Å². The van der Waals surface area contributed by atoms with Crippen LogP contribution in [-0.2, 0) is 4.79 Å². The van der Waals surface area contributed by atoms with E-state index < -0.39 is 0 Å². The van der Waals surface area contributed by atoms with Crippen molar-refractivity contribution in [2.24, 2.45) is 11.7 Å². The van der Waals surface area contributed by atoms with Crippen molar-refractivity contribution < 1.29 is 4.79 Å². The molecule has 0 rings (SSSR count). The zero-order valence-electron chi connectivity index (χ0n) is 8.16. The van der Waals surface area contributed by atoms with Gasteiger partial charge in [0, 0.05) is 20.1 Å². The quantitative estimate of drug-likeness (QED) is 0.604. The first-order chi connectivity index (χ1) is 4.91. The summed E-state index contributed by atoms with van der Waals surface area (Å²) >= 11 is 0. The van der Waals surface area contributed by atoms with Crippen LogP contribution in [0.1, 0.15) is 20.8 Å². The van der Waals surface area contributed by atoms with Gasteiger partial charge in [-0.3, -0.25) is 4.79 Å². The summed E-state index contributed by atoms with van der Waals surface area (Å²) in [4.78, 5) is 10.9. The zero-order valence-corrected chi connectivity index (χ0v) is 8.16. The number of rotatable bonds is 2. The topological polar surface area (TPSA) is 46.3 Å². The standard InChI is InChI=1S/C5H13N.C3H7NO/c1-4(2)5(3)6;1-4(2)3-5/h4-5H,6H2,1-3H3;3H,1-2H3. The van der Waals surface area contributed by atoms with E-state index in [0.29, 0.717) is 12.0 Å². The van der Waals surface area contributed by atoms with Gasteiger partial charge in [-0.05, 0) is 12.8 Å². The van der Waals surface area contributed by atoms with Gasteiger partial charge in [-0.1, -0.05) is 13.8 Å². The van der Waals surface area contributed by atoms with Crippen molar-refractivity contribution in [3.63, 3.8) is 0 Å². The van der Waals surface area contributed by atoms with Crippen LogP contribution < -0.4 is 5.73 Å². The number of hydrogen-bond donors (Lipinski definition) is 1. The van der Waals surface area contributed by atoms with E-state index in [4.69, 9.17) is 5.73 Å². The number of carbonyl (C=O) groups is 1. The second-order valence-corrected chi connectivity index (χ2v) is 3.17. The van der Waals surface area contributed by atoms with Crippen LogP contribution in [0.4, 0.5) is 0 Å². The summed E-state index contributed by atoms with van der Waals surface area (Å²) in [5.74, 6) is 0.630. The van der Waals surface area contributed by atoms with Gasteiger partial charge in [-0.15, -0.1) is 0 Å². The Bertz CT molecular complexity index is 84.1. The first-order valence-electron chi connectivity index (χ1n) is 3.79. The average Bonchev–Trinajstić information content (AvgIpc) is 1.89. The molecule has 1 amide bonds. The Hall–Kier alpha value is -0.570. The number of carbonyl (C=O) groups excluding carboxylic acids is 1. The summed E-state index contributed by atoms with van der Waals surface area (Å²) in [7, 11) is 3.38. The molecule has 2 N–H and O–H groups in total. The Morgan fingerprint density at radius 2 is 1.45 bits per heavy atom. The summed E-state index contributed by atoms with van der Waals surface area (Å²) in [6.07, 6.45) is 0.750. The minimum atomic E-state index is 0.352. The Morgan fingerprint density at radius 3 is 1.45 bits per heavy atom. The van der Waals surface area contributed by atoms with Crippen molar-refractivity contribution >= 4 is 6.41 Å². The van der Waals surface area contributed by atoms with E-state index in [9.17, 15) is 4.79 Å². The Balaban J connectivity index is 0.